The Bertz CT molecular complexity index is 874. The predicted octanol–water partition coefficient (Wildman–Crippen LogP) is 2.80. The van der Waals surface area contributed by atoms with Crippen LogP contribution >= 0.6 is 0 Å². The van der Waals surface area contributed by atoms with E-state index in [1.54, 1.807) is 36.6 Å². The highest BCUT2D eigenvalue weighted by atomic mass is 32.2. The van der Waals surface area contributed by atoms with E-state index in [-0.39, 0.29) is 24.6 Å². The Kier molecular flexibility index (Phi) is 6.98. The van der Waals surface area contributed by atoms with Crippen LogP contribution < -0.4 is 0 Å². The molecule has 0 N–H and O–H groups in total. The normalized spacial score (nSPS) is 17.9. The summed E-state index contributed by atoms with van der Waals surface area (Å²) in [6.45, 7) is 10.2. The minimum Gasteiger partial charge on any atom is -0.444 e. The molecule has 0 saturated carbocycles. The fourth-order valence-electron chi connectivity index (χ4n) is 3.35. The number of hydrogen-bond donors (Lipinski definition) is 0. The molecule has 1 saturated heterocycles. The van der Waals surface area contributed by atoms with Gasteiger partial charge in [-0.3, -0.25) is 4.79 Å². The van der Waals surface area contributed by atoms with Crippen LogP contribution in [0.3, 0.4) is 0 Å². The number of nitrogens with zero attached hydrogens (tertiary/aromatic N) is 2. The van der Waals surface area contributed by atoms with Crippen molar-refractivity contribution in [1.82, 2.24) is 9.80 Å². The number of amides is 2. The first-order valence-corrected chi connectivity index (χ1v) is 11.9. The Hall–Kier alpha value is -2.09. The summed E-state index contributed by atoms with van der Waals surface area (Å²) >= 11 is 0. The maximum Gasteiger partial charge on any atom is 0.410 e. The summed E-state index contributed by atoms with van der Waals surface area (Å²) in [6, 6.07) is 5.20. The van der Waals surface area contributed by atoms with Crippen LogP contribution in [0.2, 0.25) is 0 Å². The molecule has 8 heteroatoms. The standard InChI is InChI=1S/C21H32N2O5S/c1-15-8-7-9-18(16(15)2)19(24)22-11-12-23(20(25)28-21(3,4)5)17(14-22)10-13-29(6,26)27/h7-9,17H,10-14H2,1-6H3/t17-/m0/s1. The van der Waals surface area contributed by atoms with Crippen molar-refractivity contribution < 1.29 is 22.7 Å². The molecule has 0 radical (unpaired) electrons. The number of ether oxygens (including phenoxy) is 1. The molecule has 1 aromatic carbocycles. The number of carbonyl (C=O) groups is 2. The molecule has 2 amide bonds. The predicted molar refractivity (Wildman–Crippen MR) is 113 cm³/mol. The Balaban J connectivity index is 2.22. The lowest BCUT2D eigenvalue weighted by molar-refractivity contribution is -0.00111. The molecule has 0 aliphatic carbocycles. The van der Waals surface area contributed by atoms with E-state index in [0.717, 1.165) is 11.1 Å². The first-order valence-electron chi connectivity index (χ1n) is 9.81. The number of hydrogen-bond acceptors (Lipinski definition) is 5. The van der Waals surface area contributed by atoms with Crippen LogP contribution in [0, 0.1) is 13.8 Å². The summed E-state index contributed by atoms with van der Waals surface area (Å²) in [5.41, 5.74) is 1.96. The lowest BCUT2D eigenvalue weighted by Crippen LogP contribution is -2.57. The molecule has 1 fully saturated rings. The quantitative estimate of drug-likeness (QED) is 0.742. The fourth-order valence-corrected chi connectivity index (χ4v) is 4.05. The van der Waals surface area contributed by atoms with Crippen LogP contribution in [0.25, 0.3) is 0 Å². The molecule has 1 atom stereocenters. The zero-order valence-corrected chi connectivity index (χ0v) is 19.0. The zero-order valence-electron chi connectivity index (χ0n) is 18.2. The van der Waals surface area contributed by atoms with E-state index in [2.05, 4.69) is 0 Å². The van der Waals surface area contributed by atoms with Crippen molar-refractivity contribution in [2.45, 2.75) is 52.7 Å². The number of rotatable bonds is 4. The average molecular weight is 425 g/mol. The van der Waals surface area contributed by atoms with Gasteiger partial charge in [-0.15, -0.1) is 0 Å². The van der Waals surface area contributed by atoms with Gasteiger partial charge in [0, 0.05) is 31.5 Å². The molecule has 0 aromatic heterocycles. The van der Waals surface area contributed by atoms with E-state index in [4.69, 9.17) is 4.74 Å². The number of sulfone groups is 1. The number of piperazine rings is 1. The Morgan fingerprint density at radius 3 is 2.41 bits per heavy atom. The summed E-state index contributed by atoms with van der Waals surface area (Å²) in [6.07, 6.45) is 0.955. The molecule has 1 aliphatic heterocycles. The molecule has 2 rings (SSSR count). The number of benzene rings is 1. The first-order chi connectivity index (χ1) is 13.3. The minimum absolute atomic E-state index is 0.0531. The lowest BCUT2D eigenvalue weighted by Gasteiger charge is -2.42. The zero-order chi connectivity index (χ0) is 22.0. The van der Waals surface area contributed by atoms with E-state index in [0.29, 0.717) is 18.7 Å². The number of aryl methyl sites for hydroxylation is 1. The largest absolute Gasteiger partial charge is 0.444 e. The van der Waals surface area contributed by atoms with Gasteiger partial charge in [0.05, 0.1) is 11.8 Å². The third kappa shape index (κ3) is 6.45. The topological polar surface area (TPSA) is 84.0 Å². The highest BCUT2D eigenvalue weighted by Crippen LogP contribution is 2.21. The first kappa shape index (κ1) is 23.2. The summed E-state index contributed by atoms with van der Waals surface area (Å²) in [7, 11) is -3.19. The number of carbonyl (C=O) groups excluding carboxylic acids is 2. The van der Waals surface area contributed by atoms with Crippen molar-refractivity contribution in [3.63, 3.8) is 0 Å². The van der Waals surface area contributed by atoms with E-state index in [1.807, 2.05) is 26.0 Å². The van der Waals surface area contributed by atoms with E-state index in [9.17, 15) is 18.0 Å². The van der Waals surface area contributed by atoms with Gasteiger partial charge in [0.1, 0.15) is 15.4 Å². The van der Waals surface area contributed by atoms with E-state index >= 15 is 0 Å². The average Bonchev–Trinajstić information content (AvgIpc) is 2.59. The van der Waals surface area contributed by atoms with Gasteiger partial charge in [-0.25, -0.2) is 13.2 Å². The third-order valence-corrected chi connectivity index (χ3v) is 6.03. The van der Waals surface area contributed by atoms with E-state index < -0.39 is 27.6 Å². The van der Waals surface area contributed by atoms with Gasteiger partial charge in [-0.2, -0.15) is 0 Å². The van der Waals surface area contributed by atoms with Crippen molar-refractivity contribution in [1.29, 1.82) is 0 Å². The maximum absolute atomic E-state index is 13.1. The SMILES string of the molecule is Cc1cccc(C(=O)N2CCN(C(=O)OC(C)(C)C)[C@@H](CCS(C)(=O)=O)C2)c1C. The van der Waals surface area contributed by atoms with Gasteiger partial charge in [-0.1, -0.05) is 12.1 Å². The second kappa shape index (κ2) is 8.73. The molecule has 0 unspecified atom stereocenters. The van der Waals surface area contributed by atoms with Crippen molar-refractivity contribution in [3.8, 4) is 0 Å². The molecule has 0 bridgehead atoms. The van der Waals surface area contributed by atoms with Gasteiger partial charge in [-0.05, 0) is 58.2 Å². The molecular formula is C21H32N2O5S. The molecule has 29 heavy (non-hydrogen) atoms. The summed E-state index contributed by atoms with van der Waals surface area (Å²) in [4.78, 5) is 29.0. The van der Waals surface area contributed by atoms with Crippen LogP contribution in [0.4, 0.5) is 4.79 Å². The molecule has 1 heterocycles. The maximum atomic E-state index is 13.1. The third-order valence-electron chi connectivity index (χ3n) is 5.05. The van der Waals surface area contributed by atoms with Gasteiger partial charge < -0.3 is 14.5 Å². The van der Waals surface area contributed by atoms with E-state index in [1.165, 1.54) is 6.26 Å². The van der Waals surface area contributed by atoms with Gasteiger partial charge in [0.15, 0.2) is 0 Å². The van der Waals surface area contributed by atoms with Crippen LogP contribution in [-0.2, 0) is 14.6 Å². The highest BCUT2D eigenvalue weighted by molar-refractivity contribution is 7.90. The van der Waals surface area contributed by atoms with Crippen molar-refractivity contribution in [2.24, 2.45) is 0 Å². The minimum atomic E-state index is -3.19. The van der Waals surface area contributed by atoms with Gasteiger partial charge in [0.2, 0.25) is 0 Å². The van der Waals surface area contributed by atoms with Gasteiger partial charge in [0.25, 0.3) is 5.91 Å². The van der Waals surface area contributed by atoms with Crippen LogP contribution in [0.15, 0.2) is 18.2 Å². The molecule has 0 spiro atoms. The van der Waals surface area contributed by atoms with Crippen molar-refractivity contribution in [3.05, 3.63) is 34.9 Å². The second-order valence-corrected chi connectivity index (χ2v) is 11.0. The molecular weight excluding hydrogens is 392 g/mol. The van der Waals surface area contributed by atoms with Crippen molar-refractivity contribution >= 4 is 21.8 Å². The second-order valence-electron chi connectivity index (χ2n) is 8.74. The Labute approximate surface area is 173 Å². The summed E-state index contributed by atoms with van der Waals surface area (Å²) in [5, 5.41) is 0. The highest BCUT2D eigenvalue weighted by Gasteiger charge is 2.35. The Morgan fingerprint density at radius 2 is 1.83 bits per heavy atom. The van der Waals surface area contributed by atoms with Crippen molar-refractivity contribution in [2.75, 3.05) is 31.6 Å². The van der Waals surface area contributed by atoms with Crippen LogP contribution in [0.1, 0.15) is 48.7 Å². The van der Waals surface area contributed by atoms with Crippen LogP contribution in [0.5, 0.6) is 0 Å². The van der Waals surface area contributed by atoms with Gasteiger partial charge >= 0.3 is 6.09 Å². The summed E-state index contributed by atoms with van der Waals surface area (Å²) in [5.74, 6) is -0.151. The molecule has 162 valence electrons. The molecule has 1 aliphatic rings. The lowest BCUT2D eigenvalue weighted by atomic mass is 10.0. The molecule has 7 nitrogen and oxygen atoms in total. The fraction of sp³-hybridized carbons (Fsp3) is 0.619. The summed E-state index contributed by atoms with van der Waals surface area (Å²) < 4.78 is 28.9. The smallest absolute Gasteiger partial charge is 0.410 e. The van der Waals surface area contributed by atoms with Crippen LogP contribution in [-0.4, -0.2) is 73.5 Å². The Morgan fingerprint density at radius 1 is 1.17 bits per heavy atom. The molecule has 1 aromatic rings. The monoisotopic (exact) mass is 424 g/mol.